The Balaban J connectivity index is 2.19. The van der Waals surface area contributed by atoms with Crippen molar-refractivity contribution in [2.24, 2.45) is 0 Å². The van der Waals surface area contributed by atoms with Gasteiger partial charge in [0.25, 0.3) is 0 Å². The maximum absolute atomic E-state index is 14.0. The zero-order valence-corrected chi connectivity index (χ0v) is 13.8. The molecule has 0 saturated carbocycles. The monoisotopic (exact) mass is 387 g/mol. The van der Waals surface area contributed by atoms with E-state index in [1.165, 1.54) is 25.3 Å². The standard InChI is InChI=1S/C16H10ClF4N3O2/c1-25-13-6-11(14-9(18)3-2-4-10(14)19)23-24(13)12-5-8(17)7-22-15(12)26-16(20)21/h2-7,16H,1H3. The molecular formula is C16H10ClF4N3O2. The zero-order chi connectivity index (χ0) is 18.8. The SMILES string of the molecule is COc1cc(-c2c(F)cccc2F)nn1-c1cc(Cl)cnc1OC(F)F. The van der Waals surface area contributed by atoms with Gasteiger partial charge in [0.15, 0.2) is 0 Å². The molecule has 0 aliphatic carbocycles. The lowest BCUT2D eigenvalue weighted by Gasteiger charge is -2.11. The minimum absolute atomic E-state index is 0.00540. The summed E-state index contributed by atoms with van der Waals surface area (Å²) >= 11 is 5.87. The molecule has 10 heteroatoms. The molecule has 136 valence electrons. The van der Waals surface area contributed by atoms with Crippen LogP contribution in [0.1, 0.15) is 0 Å². The highest BCUT2D eigenvalue weighted by Crippen LogP contribution is 2.33. The molecule has 0 atom stereocenters. The molecule has 0 bridgehead atoms. The second-order valence-electron chi connectivity index (χ2n) is 4.94. The molecular weight excluding hydrogens is 378 g/mol. The molecule has 3 rings (SSSR count). The third kappa shape index (κ3) is 3.43. The van der Waals surface area contributed by atoms with Gasteiger partial charge in [-0.25, -0.2) is 13.8 Å². The maximum Gasteiger partial charge on any atom is 0.388 e. The first-order valence-electron chi connectivity index (χ1n) is 7.10. The number of nitrogens with zero attached hydrogens (tertiary/aromatic N) is 3. The summed E-state index contributed by atoms with van der Waals surface area (Å²) in [6.45, 7) is -3.15. The highest BCUT2D eigenvalue weighted by molar-refractivity contribution is 6.30. The predicted octanol–water partition coefficient (Wildman–Crippen LogP) is 4.48. The van der Waals surface area contributed by atoms with Crippen molar-refractivity contribution in [1.82, 2.24) is 14.8 Å². The van der Waals surface area contributed by atoms with E-state index in [1.54, 1.807) is 0 Å². The quantitative estimate of drug-likeness (QED) is 0.606. The van der Waals surface area contributed by atoms with Crippen LogP contribution in [0, 0.1) is 11.6 Å². The molecule has 2 heterocycles. The van der Waals surface area contributed by atoms with E-state index in [2.05, 4.69) is 14.8 Å². The predicted molar refractivity (Wildman–Crippen MR) is 84.9 cm³/mol. The molecule has 3 aromatic rings. The second-order valence-corrected chi connectivity index (χ2v) is 5.37. The third-order valence-corrected chi connectivity index (χ3v) is 3.54. The van der Waals surface area contributed by atoms with Gasteiger partial charge in [0, 0.05) is 12.3 Å². The zero-order valence-electron chi connectivity index (χ0n) is 13.1. The summed E-state index contributed by atoms with van der Waals surface area (Å²) in [5.74, 6) is -2.16. The molecule has 0 unspecified atom stereocenters. The molecule has 0 fully saturated rings. The number of pyridine rings is 1. The Bertz CT molecular complexity index is 929. The van der Waals surface area contributed by atoms with Crippen LogP contribution < -0.4 is 9.47 Å². The summed E-state index contributed by atoms with van der Waals surface area (Å²) in [6, 6.07) is 5.84. The molecule has 0 spiro atoms. The van der Waals surface area contributed by atoms with Crippen molar-refractivity contribution in [3.05, 3.63) is 53.2 Å². The minimum atomic E-state index is -3.15. The van der Waals surface area contributed by atoms with Gasteiger partial charge in [-0.2, -0.15) is 18.6 Å². The van der Waals surface area contributed by atoms with Crippen molar-refractivity contribution in [3.8, 4) is 28.7 Å². The van der Waals surface area contributed by atoms with Crippen molar-refractivity contribution in [1.29, 1.82) is 0 Å². The maximum atomic E-state index is 14.0. The first-order valence-corrected chi connectivity index (χ1v) is 7.47. The van der Waals surface area contributed by atoms with E-state index in [0.717, 1.165) is 23.0 Å². The van der Waals surface area contributed by atoms with Crippen LogP contribution in [0.2, 0.25) is 5.02 Å². The van der Waals surface area contributed by atoms with Crippen LogP contribution in [-0.4, -0.2) is 28.5 Å². The van der Waals surface area contributed by atoms with Gasteiger partial charge in [0.05, 0.1) is 17.7 Å². The van der Waals surface area contributed by atoms with E-state index in [-0.39, 0.29) is 22.3 Å². The van der Waals surface area contributed by atoms with Crippen LogP contribution in [-0.2, 0) is 0 Å². The number of benzene rings is 1. The van der Waals surface area contributed by atoms with Crippen LogP contribution >= 0.6 is 11.6 Å². The average molecular weight is 388 g/mol. The first-order chi connectivity index (χ1) is 12.4. The number of aromatic nitrogens is 3. The summed E-state index contributed by atoms with van der Waals surface area (Å²) in [6.07, 6.45) is 1.11. The molecule has 5 nitrogen and oxygen atoms in total. The van der Waals surface area contributed by atoms with Crippen LogP contribution in [0.15, 0.2) is 36.5 Å². The summed E-state index contributed by atoms with van der Waals surface area (Å²) in [5, 5.41) is 4.15. The Hall–Kier alpha value is -2.81. The lowest BCUT2D eigenvalue weighted by atomic mass is 10.1. The largest absolute Gasteiger partial charge is 0.481 e. The van der Waals surface area contributed by atoms with Gasteiger partial charge >= 0.3 is 6.61 Å². The molecule has 0 amide bonds. The Kier molecular flexibility index (Phi) is 4.99. The Labute approximate surface area is 149 Å². The number of rotatable bonds is 5. The highest BCUT2D eigenvalue weighted by atomic mass is 35.5. The van der Waals surface area contributed by atoms with Gasteiger partial charge in [0.1, 0.15) is 23.0 Å². The fourth-order valence-corrected chi connectivity index (χ4v) is 2.44. The molecule has 2 aromatic heterocycles. The highest BCUT2D eigenvalue weighted by Gasteiger charge is 2.21. The molecule has 0 aliphatic heterocycles. The van der Waals surface area contributed by atoms with Crippen molar-refractivity contribution >= 4 is 11.6 Å². The number of ether oxygens (including phenoxy) is 2. The summed E-state index contributed by atoms with van der Waals surface area (Å²) < 4.78 is 63.7. The first kappa shape index (κ1) is 18.0. The number of methoxy groups -OCH3 is 1. The van der Waals surface area contributed by atoms with Crippen LogP contribution in [0.3, 0.4) is 0 Å². The van der Waals surface area contributed by atoms with Crippen LogP contribution in [0.5, 0.6) is 11.8 Å². The molecule has 1 aromatic carbocycles. The van der Waals surface area contributed by atoms with Crippen molar-refractivity contribution < 1.29 is 27.0 Å². The van der Waals surface area contributed by atoms with Gasteiger partial charge in [0.2, 0.25) is 11.8 Å². The lowest BCUT2D eigenvalue weighted by Crippen LogP contribution is -2.09. The van der Waals surface area contributed by atoms with E-state index < -0.39 is 29.7 Å². The van der Waals surface area contributed by atoms with Crippen molar-refractivity contribution in [3.63, 3.8) is 0 Å². The topological polar surface area (TPSA) is 49.2 Å². The smallest absolute Gasteiger partial charge is 0.388 e. The van der Waals surface area contributed by atoms with E-state index >= 15 is 0 Å². The van der Waals surface area contributed by atoms with Gasteiger partial charge < -0.3 is 9.47 Å². The third-order valence-electron chi connectivity index (χ3n) is 3.33. The summed E-state index contributed by atoms with van der Waals surface area (Å²) in [4.78, 5) is 3.69. The van der Waals surface area contributed by atoms with Crippen molar-refractivity contribution in [2.45, 2.75) is 6.61 Å². The second kappa shape index (κ2) is 7.20. The lowest BCUT2D eigenvalue weighted by molar-refractivity contribution is -0.0529. The van der Waals surface area contributed by atoms with E-state index in [9.17, 15) is 17.6 Å². The van der Waals surface area contributed by atoms with Gasteiger partial charge in [-0.3, -0.25) is 0 Å². The van der Waals surface area contributed by atoms with Crippen molar-refractivity contribution in [2.75, 3.05) is 7.11 Å². The van der Waals surface area contributed by atoms with E-state index in [4.69, 9.17) is 16.3 Å². The number of halogens is 5. The van der Waals surface area contributed by atoms with E-state index in [1.807, 2.05) is 0 Å². The molecule has 0 N–H and O–H groups in total. The fourth-order valence-electron chi connectivity index (χ4n) is 2.29. The van der Waals surface area contributed by atoms with Gasteiger partial charge in [-0.05, 0) is 18.2 Å². The summed E-state index contributed by atoms with van der Waals surface area (Å²) in [5.41, 5.74) is -0.589. The number of hydrogen-bond acceptors (Lipinski definition) is 4. The number of alkyl halides is 2. The van der Waals surface area contributed by atoms with Gasteiger partial charge in [-0.1, -0.05) is 17.7 Å². The molecule has 26 heavy (non-hydrogen) atoms. The fraction of sp³-hybridized carbons (Fsp3) is 0.125. The Morgan fingerprint density at radius 3 is 2.46 bits per heavy atom. The van der Waals surface area contributed by atoms with Crippen LogP contribution in [0.4, 0.5) is 17.6 Å². The van der Waals surface area contributed by atoms with Gasteiger partial charge in [-0.15, -0.1) is 0 Å². The molecule has 0 saturated heterocycles. The average Bonchev–Trinajstić information content (AvgIpc) is 2.99. The van der Waals surface area contributed by atoms with Crippen LogP contribution in [0.25, 0.3) is 16.9 Å². The normalized spacial score (nSPS) is 11.0. The number of hydrogen-bond donors (Lipinski definition) is 0. The Morgan fingerprint density at radius 1 is 1.15 bits per heavy atom. The van der Waals surface area contributed by atoms with E-state index in [0.29, 0.717) is 0 Å². The minimum Gasteiger partial charge on any atom is -0.481 e. The Morgan fingerprint density at radius 2 is 1.85 bits per heavy atom. The molecule has 0 aliphatic rings. The summed E-state index contributed by atoms with van der Waals surface area (Å²) in [7, 11) is 1.28. The molecule has 0 radical (unpaired) electrons.